The van der Waals surface area contributed by atoms with E-state index in [-0.39, 0.29) is 18.2 Å². The van der Waals surface area contributed by atoms with Gasteiger partial charge < -0.3 is 19.7 Å². The maximum atomic E-state index is 12.0. The fourth-order valence-electron chi connectivity index (χ4n) is 2.59. The highest BCUT2D eigenvalue weighted by molar-refractivity contribution is 5.75. The van der Waals surface area contributed by atoms with Crippen molar-refractivity contribution in [2.24, 2.45) is 7.05 Å². The number of aromatic nitrogens is 1. The molecule has 1 heterocycles. The summed E-state index contributed by atoms with van der Waals surface area (Å²) >= 11 is 0. The van der Waals surface area contributed by atoms with Crippen LogP contribution in [0.4, 0.5) is 0 Å². The van der Waals surface area contributed by atoms with Crippen LogP contribution >= 0.6 is 0 Å². The Morgan fingerprint density at radius 3 is 2.60 bits per heavy atom. The molecule has 2 N–H and O–H groups in total. The topological polar surface area (TPSA) is 80.6 Å². The Balaban J connectivity index is 1.84. The quantitative estimate of drug-likeness (QED) is 0.805. The van der Waals surface area contributed by atoms with Crippen LogP contribution in [0.2, 0.25) is 0 Å². The van der Waals surface area contributed by atoms with Crippen LogP contribution in [0.15, 0.2) is 35.1 Å². The van der Waals surface area contributed by atoms with Crippen molar-refractivity contribution < 1.29 is 14.6 Å². The summed E-state index contributed by atoms with van der Waals surface area (Å²) in [5.41, 5.74) is 1.85. The van der Waals surface area contributed by atoms with Gasteiger partial charge in [-0.2, -0.15) is 0 Å². The molecular formula is C19H24N2O4. The third-order valence-electron chi connectivity index (χ3n) is 4.26. The van der Waals surface area contributed by atoms with Crippen LogP contribution in [0.3, 0.4) is 0 Å². The molecule has 0 saturated heterocycles. The predicted octanol–water partition coefficient (Wildman–Crippen LogP) is 2.05. The van der Waals surface area contributed by atoms with Crippen LogP contribution in [0.1, 0.15) is 29.8 Å². The fraction of sp³-hybridized carbons (Fsp3) is 0.368. The van der Waals surface area contributed by atoms with Gasteiger partial charge in [0.25, 0.3) is 0 Å². The average Bonchev–Trinajstić information content (AvgIpc) is 2.60. The van der Waals surface area contributed by atoms with Crippen molar-refractivity contribution in [3.63, 3.8) is 0 Å². The molecule has 0 atom stereocenters. The number of aromatic hydroxyl groups is 1. The lowest BCUT2D eigenvalue weighted by Crippen LogP contribution is -2.26. The van der Waals surface area contributed by atoms with Crippen molar-refractivity contribution in [2.75, 3.05) is 7.11 Å². The molecule has 0 bridgehead atoms. The first kappa shape index (κ1) is 18.6. The standard InChI is InChI=1S/C19H24N2O4/c1-13-11-17(22)19(24)16(21(13)2)12-20-18(23)6-4-5-14-7-9-15(25-3)10-8-14/h7-11,24H,4-6,12H2,1-3H3,(H,20,23). The summed E-state index contributed by atoms with van der Waals surface area (Å²) in [6.45, 7) is 1.90. The van der Waals surface area contributed by atoms with Gasteiger partial charge in [-0.1, -0.05) is 12.1 Å². The van der Waals surface area contributed by atoms with E-state index < -0.39 is 5.43 Å². The summed E-state index contributed by atoms with van der Waals surface area (Å²) in [4.78, 5) is 23.6. The molecule has 0 unspecified atom stereocenters. The van der Waals surface area contributed by atoms with Gasteiger partial charge in [0.15, 0.2) is 5.75 Å². The van der Waals surface area contributed by atoms with Crippen LogP contribution in [0.25, 0.3) is 0 Å². The van der Waals surface area contributed by atoms with E-state index in [2.05, 4.69) is 5.32 Å². The third kappa shape index (κ3) is 4.86. The zero-order valence-electron chi connectivity index (χ0n) is 14.8. The SMILES string of the molecule is COc1ccc(CCCC(=O)NCc2c(O)c(=O)cc(C)n2C)cc1. The number of nitrogens with one attached hydrogen (secondary N) is 1. The summed E-state index contributed by atoms with van der Waals surface area (Å²) in [6.07, 6.45) is 1.90. The Kier molecular flexibility index (Phi) is 6.22. The minimum Gasteiger partial charge on any atom is -0.503 e. The molecule has 0 radical (unpaired) electrons. The normalized spacial score (nSPS) is 10.5. The molecule has 6 nitrogen and oxygen atoms in total. The maximum absolute atomic E-state index is 12.0. The number of nitrogens with zero attached hydrogens (tertiary/aromatic N) is 1. The second kappa shape index (κ2) is 8.37. The molecule has 0 fully saturated rings. The Hall–Kier alpha value is -2.76. The smallest absolute Gasteiger partial charge is 0.223 e. The monoisotopic (exact) mass is 344 g/mol. The van der Waals surface area contributed by atoms with E-state index in [0.29, 0.717) is 12.1 Å². The summed E-state index contributed by atoms with van der Waals surface area (Å²) in [6, 6.07) is 9.14. The van der Waals surface area contributed by atoms with Crippen molar-refractivity contribution in [1.29, 1.82) is 0 Å². The van der Waals surface area contributed by atoms with E-state index in [1.54, 1.807) is 25.6 Å². The number of ether oxygens (including phenoxy) is 1. The van der Waals surface area contributed by atoms with Crippen LogP contribution in [-0.2, 0) is 24.8 Å². The van der Waals surface area contributed by atoms with Gasteiger partial charge in [-0.05, 0) is 37.5 Å². The second-order valence-electron chi connectivity index (χ2n) is 5.98. The number of aryl methyl sites for hydroxylation is 2. The molecule has 0 aliphatic heterocycles. The number of benzene rings is 1. The lowest BCUT2D eigenvalue weighted by Gasteiger charge is -2.14. The second-order valence-corrected chi connectivity index (χ2v) is 5.98. The Labute approximate surface area is 147 Å². The van der Waals surface area contributed by atoms with Gasteiger partial charge in [0.1, 0.15) is 5.75 Å². The van der Waals surface area contributed by atoms with Crippen molar-refractivity contribution in [2.45, 2.75) is 32.7 Å². The van der Waals surface area contributed by atoms with E-state index in [0.717, 1.165) is 29.8 Å². The molecule has 0 saturated carbocycles. The predicted molar refractivity (Wildman–Crippen MR) is 95.9 cm³/mol. The number of hydrogen-bond acceptors (Lipinski definition) is 4. The van der Waals surface area contributed by atoms with Gasteiger partial charge in [0.05, 0.1) is 19.3 Å². The van der Waals surface area contributed by atoms with E-state index in [1.165, 1.54) is 6.07 Å². The van der Waals surface area contributed by atoms with Gasteiger partial charge in [0.2, 0.25) is 11.3 Å². The van der Waals surface area contributed by atoms with Gasteiger partial charge in [-0.3, -0.25) is 9.59 Å². The molecule has 0 spiro atoms. The lowest BCUT2D eigenvalue weighted by atomic mass is 10.1. The molecule has 25 heavy (non-hydrogen) atoms. The molecule has 2 aromatic rings. The number of methoxy groups -OCH3 is 1. The molecule has 6 heteroatoms. The van der Waals surface area contributed by atoms with E-state index >= 15 is 0 Å². The molecular weight excluding hydrogens is 320 g/mol. The van der Waals surface area contributed by atoms with E-state index in [4.69, 9.17) is 4.74 Å². The van der Waals surface area contributed by atoms with Gasteiger partial charge in [-0.25, -0.2) is 0 Å². The van der Waals surface area contributed by atoms with Crippen LogP contribution in [0.5, 0.6) is 11.5 Å². The van der Waals surface area contributed by atoms with Crippen LogP contribution in [-0.4, -0.2) is 22.7 Å². The van der Waals surface area contributed by atoms with E-state index in [9.17, 15) is 14.7 Å². The third-order valence-corrected chi connectivity index (χ3v) is 4.26. The highest BCUT2D eigenvalue weighted by atomic mass is 16.5. The number of hydrogen-bond donors (Lipinski definition) is 2. The van der Waals surface area contributed by atoms with Crippen molar-refractivity contribution in [3.05, 3.63) is 57.5 Å². The summed E-state index contributed by atoms with van der Waals surface area (Å²) in [5.74, 6) is 0.388. The summed E-state index contributed by atoms with van der Waals surface area (Å²) in [5, 5.41) is 12.6. The zero-order chi connectivity index (χ0) is 18.4. The van der Waals surface area contributed by atoms with Crippen LogP contribution < -0.4 is 15.5 Å². The molecule has 0 aliphatic rings. The Morgan fingerprint density at radius 1 is 1.28 bits per heavy atom. The summed E-state index contributed by atoms with van der Waals surface area (Å²) < 4.78 is 6.82. The molecule has 1 amide bonds. The Morgan fingerprint density at radius 2 is 1.96 bits per heavy atom. The minimum absolute atomic E-state index is 0.109. The first-order chi connectivity index (χ1) is 11.9. The zero-order valence-corrected chi connectivity index (χ0v) is 14.8. The largest absolute Gasteiger partial charge is 0.503 e. The minimum atomic E-state index is -0.431. The van der Waals surface area contributed by atoms with Crippen molar-refractivity contribution in [1.82, 2.24) is 9.88 Å². The number of carbonyl (C=O) groups excluding carboxylic acids is 1. The lowest BCUT2D eigenvalue weighted by molar-refractivity contribution is -0.121. The molecule has 1 aromatic carbocycles. The van der Waals surface area contributed by atoms with Gasteiger partial charge >= 0.3 is 0 Å². The molecule has 134 valence electrons. The first-order valence-electron chi connectivity index (χ1n) is 8.20. The van der Waals surface area contributed by atoms with E-state index in [1.807, 2.05) is 24.3 Å². The first-order valence-corrected chi connectivity index (χ1v) is 8.20. The molecule has 0 aliphatic carbocycles. The number of carbonyl (C=O) groups is 1. The molecule has 2 rings (SSSR count). The maximum Gasteiger partial charge on any atom is 0.223 e. The number of pyridine rings is 1. The van der Waals surface area contributed by atoms with Gasteiger partial charge in [-0.15, -0.1) is 0 Å². The highest BCUT2D eigenvalue weighted by Gasteiger charge is 2.11. The van der Waals surface area contributed by atoms with Crippen molar-refractivity contribution >= 4 is 5.91 Å². The number of amides is 1. The fourth-order valence-corrected chi connectivity index (χ4v) is 2.59. The summed E-state index contributed by atoms with van der Waals surface area (Å²) in [7, 11) is 3.38. The Bertz CT molecular complexity index is 794. The molecule has 1 aromatic heterocycles. The van der Waals surface area contributed by atoms with Gasteiger partial charge in [0, 0.05) is 25.2 Å². The number of rotatable bonds is 7. The van der Waals surface area contributed by atoms with Crippen molar-refractivity contribution in [3.8, 4) is 11.5 Å². The average molecular weight is 344 g/mol. The van der Waals surface area contributed by atoms with Crippen LogP contribution in [0, 0.1) is 6.92 Å². The highest BCUT2D eigenvalue weighted by Crippen LogP contribution is 2.14.